The molecule has 1 aliphatic heterocycles. The zero-order valence-corrected chi connectivity index (χ0v) is 15.3. The molecule has 1 fully saturated rings. The standard InChI is InChI=1S/C18H30N4O3/c1-21-10-7-8-15(21)16(22-11-5-3-4-6-12-22)14-20-18(24)17(23)19-9-13-25-2/h7-8,10,16H,3-6,9,11-14H2,1-2H3,(H,19,23)(H,20,24)/t16-/m0/s1. The van der Waals surface area contributed by atoms with Crippen LogP contribution in [0.2, 0.25) is 0 Å². The summed E-state index contributed by atoms with van der Waals surface area (Å²) in [6, 6.07) is 4.17. The van der Waals surface area contributed by atoms with Crippen LogP contribution in [-0.4, -0.2) is 61.2 Å². The second-order valence-corrected chi connectivity index (χ2v) is 6.47. The van der Waals surface area contributed by atoms with Crippen molar-refractivity contribution in [3.63, 3.8) is 0 Å². The Kier molecular flexibility index (Phi) is 7.94. The summed E-state index contributed by atoms with van der Waals surface area (Å²) < 4.78 is 6.95. The third kappa shape index (κ3) is 5.86. The summed E-state index contributed by atoms with van der Waals surface area (Å²) >= 11 is 0. The van der Waals surface area contributed by atoms with E-state index >= 15 is 0 Å². The van der Waals surface area contributed by atoms with Crippen molar-refractivity contribution >= 4 is 11.8 Å². The molecule has 0 aliphatic carbocycles. The molecule has 0 aromatic carbocycles. The Labute approximate surface area is 149 Å². The van der Waals surface area contributed by atoms with Gasteiger partial charge < -0.3 is 19.9 Å². The van der Waals surface area contributed by atoms with Crippen LogP contribution in [0.1, 0.15) is 37.4 Å². The van der Waals surface area contributed by atoms with Gasteiger partial charge in [0.05, 0.1) is 12.6 Å². The highest BCUT2D eigenvalue weighted by atomic mass is 16.5. The van der Waals surface area contributed by atoms with Crippen LogP contribution >= 0.6 is 0 Å². The first-order chi connectivity index (χ1) is 12.1. The minimum Gasteiger partial charge on any atom is -0.383 e. The molecule has 2 rings (SSSR count). The molecule has 2 N–H and O–H groups in total. The van der Waals surface area contributed by atoms with Crippen LogP contribution in [0.15, 0.2) is 18.3 Å². The van der Waals surface area contributed by atoms with Gasteiger partial charge in [-0.2, -0.15) is 0 Å². The van der Waals surface area contributed by atoms with E-state index in [-0.39, 0.29) is 6.04 Å². The van der Waals surface area contributed by atoms with Crippen molar-refractivity contribution in [2.45, 2.75) is 31.7 Å². The van der Waals surface area contributed by atoms with Gasteiger partial charge in [0.2, 0.25) is 0 Å². The number of ether oxygens (including phenoxy) is 1. The van der Waals surface area contributed by atoms with Crippen molar-refractivity contribution in [1.82, 2.24) is 20.1 Å². The van der Waals surface area contributed by atoms with Gasteiger partial charge in [0.15, 0.2) is 0 Å². The summed E-state index contributed by atoms with van der Waals surface area (Å²) in [5.74, 6) is -1.20. The molecule has 1 aromatic rings. The number of carbonyl (C=O) groups is 2. The van der Waals surface area contributed by atoms with E-state index < -0.39 is 11.8 Å². The molecule has 0 bridgehead atoms. The van der Waals surface area contributed by atoms with Crippen molar-refractivity contribution in [3.8, 4) is 0 Å². The zero-order chi connectivity index (χ0) is 18.1. The zero-order valence-electron chi connectivity index (χ0n) is 15.3. The number of hydrogen-bond donors (Lipinski definition) is 2. The molecule has 7 heteroatoms. The van der Waals surface area contributed by atoms with Gasteiger partial charge >= 0.3 is 11.8 Å². The van der Waals surface area contributed by atoms with E-state index in [1.165, 1.54) is 25.7 Å². The maximum absolute atomic E-state index is 12.1. The van der Waals surface area contributed by atoms with Crippen LogP contribution in [0.3, 0.4) is 0 Å². The monoisotopic (exact) mass is 350 g/mol. The van der Waals surface area contributed by atoms with Crippen molar-refractivity contribution in [3.05, 3.63) is 24.0 Å². The van der Waals surface area contributed by atoms with E-state index in [9.17, 15) is 9.59 Å². The number of nitrogens with one attached hydrogen (secondary N) is 2. The Morgan fingerprint density at radius 2 is 1.84 bits per heavy atom. The first-order valence-electron chi connectivity index (χ1n) is 9.03. The lowest BCUT2D eigenvalue weighted by molar-refractivity contribution is -0.139. The number of carbonyl (C=O) groups excluding carboxylic acids is 2. The lowest BCUT2D eigenvalue weighted by Gasteiger charge is -2.31. The average Bonchev–Trinajstić information content (AvgIpc) is 2.86. The van der Waals surface area contributed by atoms with Crippen LogP contribution in [-0.2, 0) is 21.4 Å². The van der Waals surface area contributed by atoms with Crippen LogP contribution in [0.25, 0.3) is 0 Å². The van der Waals surface area contributed by atoms with Gasteiger partial charge in [0.25, 0.3) is 0 Å². The van der Waals surface area contributed by atoms with Crippen molar-refractivity contribution < 1.29 is 14.3 Å². The molecule has 0 unspecified atom stereocenters. The van der Waals surface area contributed by atoms with E-state index in [1.54, 1.807) is 7.11 Å². The number of aryl methyl sites for hydroxylation is 1. The highest BCUT2D eigenvalue weighted by Crippen LogP contribution is 2.23. The molecule has 25 heavy (non-hydrogen) atoms. The number of likely N-dealkylation sites (tertiary alicyclic amines) is 1. The average molecular weight is 350 g/mol. The van der Waals surface area contributed by atoms with E-state index in [0.717, 1.165) is 18.8 Å². The normalized spacial score (nSPS) is 16.9. The Morgan fingerprint density at radius 1 is 1.16 bits per heavy atom. The van der Waals surface area contributed by atoms with Gasteiger partial charge in [0.1, 0.15) is 0 Å². The number of amides is 2. The quantitative estimate of drug-likeness (QED) is 0.564. The summed E-state index contributed by atoms with van der Waals surface area (Å²) in [4.78, 5) is 26.3. The minimum atomic E-state index is -0.612. The van der Waals surface area contributed by atoms with Crippen molar-refractivity contribution in [1.29, 1.82) is 0 Å². The molecular formula is C18H30N4O3. The van der Waals surface area contributed by atoms with Gasteiger partial charge in [-0.15, -0.1) is 0 Å². The topological polar surface area (TPSA) is 75.6 Å². The van der Waals surface area contributed by atoms with E-state index in [0.29, 0.717) is 19.7 Å². The van der Waals surface area contributed by atoms with Crippen molar-refractivity contribution in [2.24, 2.45) is 7.05 Å². The van der Waals surface area contributed by atoms with Gasteiger partial charge in [0, 0.05) is 39.1 Å². The summed E-state index contributed by atoms with van der Waals surface area (Å²) in [5, 5.41) is 5.34. The Hall–Kier alpha value is -1.86. The predicted molar refractivity (Wildman–Crippen MR) is 96.1 cm³/mol. The van der Waals surface area contributed by atoms with Crippen LogP contribution in [0.5, 0.6) is 0 Å². The van der Waals surface area contributed by atoms with E-state index in [1.807, 2.05) is 19.3 Å². The highest BCUT2D eigenvalue weighted by Gasteiger charge is 2.25. The Bertz CT molecular complexity index is 550. The fourth-order valence-corrected chi connectivity index (χ4v) is 3.26. The molecule has 140 valence electrons. The number of hydrogen-bond acceptors (Lipinski definition) is 4. The highest BCUT2D eigenvalue weighted by molar-refractivity contribution is 6.35. The largest absolute Gasteiger partial charge is 0.383 e. The third-order valence-electron chi connectivity index (χ3n) is 4.66. The van der Waals surface area contributed by atoms with E-state index in [4.69, 9.17) is 4.74 Å². The lowest BCUT2D eigenvalue weighted by atomic mass is 10.1. The number of aromatic nitrogens is 1. The van der Waals surface area contributed by atoms with Gasteiger partial charge in [-0.05, 0) is 38.1 Å². The molecule has 1 saturated heterocycles. The van der Waals surface area contributed by atoms with Crippen LogP contribution < -0.4 is 10.6 Å². The van der Waals surface area contributed by atoms with Crippen LogP contribution in [0.4, 0.5) is 0 Å². The van der Waals surface area contributed by atoms with Crippen molar-refractivity contribution in [2.75, 3.05) is 39.9 Å². The molecule has 2 amide bonds. The number of nitrogens with zero attached hydrogens (tertiary/aromatic N) is 2. The first kappa shape index (κ1) is 19.5. The first-order valence-corrected chi connectivity index (χ1v) is 9.03. The Balaban J connectivity index is 1.97. The third-order valence-corrected chi connectivity index (χ3v) is 4.66. The molecule has 1 aromatic heterocycles. The van der Waals surface area contributed by atoms with E-state index in [2.05, 4.69) is 26.2 Å². The number of methoxy groups -OCH3 is 1. The summed E-state index contributed by atoms with van der Waals surface area (Å²) in [7, 11) is 3.57. The second kappa shape index (κ2) is 10.2. The summed E-state index contributed by atoms with van der Waals surface area (Å²) in [6.07, 6.45) is 6.87. The maximum Gasteiger partial charge on any atom is 0.309 e. The lowest BCUT2D eigenvalue weighted by Crippen LogP contribution is -2.45. The molecule has 1 atom stereocenters. The summed E-state index contributed by atoms with van der Waals surface area (Å²) in [6.45, 7) is 3.18. The Morgan fingerprint density at radius 3 is 2.44 bits per heavy atom. The molecule has 7 nitrogen and oxygen atoms in total. The fourth-order valence-electron chi connectivity index (χ4n) is 3.26. The molecule has 0 spiro atoms. The van der Waals surface area contributed by atoms with Gasteiger partial charge in [-0.3, -0.25) is 14.5 Å². The fraction of sp³-hybridized carbons (Fsp3) is 0.667. The van der Waals surface area contributed by atoms with Crippen LogP contribution in [0, 0.1) is 0 Å². The summed E-state index contributed by atoms with van der Waals surface area (Å²) in [5.41, 5.74) is 1.15. The SMILES string of the molecule is COCCNC(=O)C(=O)NC[C@@H](c1cccn1C)N1CCCCCC1. The van der Waals surface area contributed by atoms with Gasteiger partial charge in [-0.25, -0.2) is 0 Å². The smallest absolute Gasteiger partial charge is 0.309 e. The number of rotatable bonds is 7. The molecule has 1 aliphatic rings. The molecule has 2 heterocycles. The second-order valence-electron chi connectivity index (χ2n) is 6.47. The van der Waals surface area contributed by atoms with Gasteiger partial charge in [-0.1, -0.05) is 12.8 Å². The minimum absolute atomic E-state index is 0.0776. The molecule has 0 radical (unpaired) electrons. The molecule has 0 saturated carbocycles. The predicted octanol–water partition coefficient (Wildman–Crippen LogP) is 0.821. The molecular weight excluding hydrogens is 320 g/mol. The maximum atomic E-state index is 12.1.